The van der Waals surface area contributed by atoms with E-state index >= 15 is 8.78 Å². The molecule has 6 aromatic rings. The fraction of sp³-hybridized carbons (Fsp3) is 0.471. The van der Waals surface area contributed by atoms with Gasteiger partial charge in [0, 0.05) is 82.2 Å². The number of nitrogens with zero attached hydrogens (tertiary/aromatic N) is 8. The van der Waals surface area contributed by atoms with Crippen molar-refractivity contribution in [3.63, 3.8) is 0 Å². The van der Waals surface area contributed by atoms with Crippen molar-refractivity contribution in [3.05, 3.63) is 77.1 Å². The van der Waals surface area contributed by atoms with E-state index in [9.17, 15) is 24.6 Å². The topological polar surface area (TPSA) is 179 Å². The van der Waals surface area contributed by atoms with Crippen LogP contribution in [0.5, 0.6) is 11.8 Å². The zero-order valence-electron chi connectivity index (χ0n) is 38.7. The van der Waals surface area contributed by atoms with Crippen LogP contribution in [-0.2, 0) is 27.9 Å². The molecule has 10 rings (SSSR count). The molecule has 7 heterocycles. The Morgan fingerprint density at radius 1 is 1.00 bits per heavy atom. The van der Waals surface area contributed by atoms with Crippen molar-refractivity contribution in [2.75, 3.05) is 57.3 Å². The molecular weight excluding hydrogens is 873 g/mol. The number of aryl methyl sites for hydroxylation is 2. The lowest BCUT2D eigenvalue weighted by Crippen LogP contribution is -2.46. The molecule has 0 saturated carbocycles. The number of anilines is 1. The molecule has 0 bridgehead atoms. The highest BCUT2D eigenvalue weighted by molar-refractivity contribution is 6.03. The Hall–Kier alpha value is -6.33. The molecule has 356 valence electrons. The second kappa shape index (κ2) is 18.3. The van der Waals surface area contributed by atoms with Gasteiger partial charge in [-0.2, -0.15) is 15.1 Å². The lowest BCUT2D eigenvalue weighted by molar-refractivity contribution is -0.134. The number of hydrogen-bond donors (Lipinski definition) is 3. The second-order valence-corrected chi connectivity index (χ2v) is 19.5. The smallest absolute Gasteiger partial charge is 0.319 e. The minimum Gasteiger partial charge on any atom is -0.508 e. The lowest BCUT2D eigenvalue weighted by atomic mass is 9.87. The summed E-state index contributed by atoms with van der Waals surface area (Å²) in [5.41, 5.74) is 2.37. The number of piperidine rings is 3. The van der Waals surface area contributed by atoms with E-state index in [0.29, 0.717) is 104 Å². The Labute approximate surface area is 392 Å². The summed E-state index contributed by atoms with van der Waals surface area (Å²) in [5, 5.41) is 31.2. The third-order valence-electron chi connectivity index (χ3n) is 14.6. The summed E-state index contributed by atoms with van der Waals surface area (Å²) in [6.45, 7) is 8.21. The van der Waals surface area contributed by atoms with Crippen LogP contribution in [0, 0.1) is 17.6 Å². The highest BCUT2D eigenvalue weighted by atomic mass is 19.1. The van der Waals surface area contributed by atoms with Crippen molar-refractivity contribution in [1.82, 2.24) is 39.8 Å². The molecule has 0 spiro atoms. The Morgan fingerprint density at radius 2 is 1.82 bits per heavy atom. The minimum absolute atomic E-state index is 0.0101. The molecule has 3 aromatic carbocycles. The van der Waals surface area contributed by atoms with Crippen LogP contribution in [0.3, 0.4) is 0 Å². The Morgan fingerprint density at radius 3 is 2.60 bits per heavy atom. The van der Waals surface area contributed by atoms with E-state index in [4.69, 9.17) is 14.8 Å². The summed E-state index contributed by atoms with van der Waals surface area (Å²) in [7, 11) is 1.88. The first-order valence-corrected chi connectivity index (χ1v) is 23.9. The molecule has 68 heavy (non-hydrogen) atoms. The number of imide groups is 1. The monoisotopic (exact) mass is 929 g/mol. The molecule has 0 aliphatic carbocycles. The molecule has 4 aliphatic rings. The van der Waals surface area contributed by atoms with Gasteiger partial charge in [0.05, 0.1) is 34.7 Å². The molecule has 3 aromatic heterocycles. The number of phenols is 1. The predicted molar refractivity (Wildman–Crippen MR) is 252 cm³/mol. The number of carbonyl (C=O) groups excluding carboxylic acids is 3. The van der Waals surface area contributed by atoms with Crippen molar-refractivity contribution in [2.24, 2.45) is 13.0 Å². The number of halogens is 2. The summed E-state index contributed by atoms with van der Waals surface area (Å²) < 4.78 is 40.2. The Bertz CT molecular complexity index is 2970. The number of hydrogen-bond acceptors (Lipinski definition) is 12. The zero-order chi connectivity index (χ0) is 47.4. The molecule has 4 saturated heterocycles. The lowest BCUT2D eigenvalue weighted by Gasteiger charge is -2.37. The SMILES string of the molecule is CCc1c(F)ccc2cc(O)cc(-c3ncc4c(N5CCC[C@@](C)(O)C5)nc(OCC5CCN(CCC(=O)N6CCC(c7ccc8c(C9CCC(=O)NC9=O)nn(C)c8c7)CC6)C5)nc4c3F)c12. The number of pyridine rings is 1. The van der Waals surface area contributed by atoms with Gasteiger partial charge in [-0.15, -0.1) is 0 Å². The number of aliphatic hydroxyl groups is 1. The van der Waals surface area contributed by atoms with Crippen molar-refractivity contribution in [2.45, 2.75) is 89.1 Å². The van der Waals surface area contributed by atoms with Gasteiger partial charge < -0.3 is 29.6 Å². The van der Waals surface area contributed by atoms with Crippen LogP contribution in [-0.4, -0.2) is 120 Å². The number of nitrogens with one attached hydrogen (secondary N) is 1. The van der Waals surface area contributed by atoms with Gasteiger partial charge in [0.1, 0.15) is 28.6 Å². The first-order valence-electron chi connectivity index (χ1n) is 23.9. The number of ether oxygens (including phenoxy) is 1. The first kappa shape index (κ1) is 45.5. The molecular formula is C51H57F2N9O6. The van der Waals surface area contributed by atoms with E-state index < -0.39 is 23.2 Å². The van der Waals surface area contributed by atoms with Crippen molar-refractivity contribution in [3.8, 4) is 23.0 Å². The van der Waals surface area contributed by atoms with Gasteiger partial charge in [0.2, 0.25) is 17.7 Å². The van der Waals surface area contributed by atoms with Gasteiger partial charge in [0.15, 0.2) is 5.82 Å². The maximum Gasteiger partial charge on any atom is 0.319 e. The molecule has 3 amide bonds. The molecule has 17 heteroatoms. The fourth-order valence-electron chi connectivity index (χ4n) is 11.0. The van der Waals surface area contributed by atoms with Crippen LogP contribution in [0.15, 0.2) is 48.7 Å². The maximum atomic E-state index is 17.0. The molecule has 4 fully saturated rings. The van der Waals surface area contributed by atoms with E-state index in [1.165, 1.54) is 30.0 Å². The number of carbonyl (C=O) groups is 3. The van der Waals surface area contributed by atoms with Crippen molar-refractivity contribution >= 4 is 56.1 Å². The van der Waals surface area contributed by atoms with Gasteiger partial charge in [-0.25, -0.2) is 8.78 Å². The van der Waals surface area contributed by atoms with Crippen molar-refractivity contribution < 1.29 is 38.1 Å². The highest BCUT2D eigenvalue weighted by Crippen LogP contribution is 2.40. The quantitative estimate of drug-likeness (QED) is 0.118. The number of fused-ring (bicyclic) bond motifs is 3. The maximum absolute atomic E-state index is 17.0. The molecule has 15 nitrogen and oxygen atoms in total. The van der Waals surface area contributed by atoms with E-state index in [0.717, 1.165) is 43.3 Å². The van der Waals surface area contributed by atoms with Crippen LogP contribution in [0.2, 0.25) is 0 Å². The highest BCUT2D eigenvalue weighted by Gasteiger charge is 2.34. The average molecular weight is 930 g/mol. The second-order valence-electron chi connectivity index (χ2n) is 19.5. The molecule has 4 aliphatic heterocycles. The fourth-order valence-corrected chi connectivity index (χ4v) is 11.0. The minimum atomic E-state index is -0.987. The standard InChI is InChI=1S/C51H57F2N9O6/c1-4-34-39(52)10-7-32-22-33(63)24-37(43(32)34)46-44(53)47-38(25-54-46)48(62-17-5-16-51(2,67)28-62)57-50(56-47)68-27-29-12-18-60(26-29)19-15-42(65)61-20-13-30(14-21-61)31-6-8-35-40(23-31)59(3)58-45(35)36-9-11-41(64)55-49(36)66/h6-8,10,22-25,29-30,36,63,67H,4-5,9,11-21,26-28H2,1-3H3,(H,55,64,66)/t29?,36?,51-/m1/s1. The first-order chi connectivity index (χ1) is 32.7. The van der Waals surface area contributed by atoms with E-state index in [1.54, 1.807) is 13.0 Å². The number of rotatable bonds is 11. The third-order valence-corrected chi connectivity index (χ3v) is 14.6. The van der Waals surface area contributed by atoms with E-state index in [2.05, 4.69) is 32.3 Å². The summed E-state index contributed by atoms with van der Waals surface area (Å²) in [6, 6.07) is 12.1. The van der Waals surface area contributed by atoms with Gasteiger partial charge in [0.25, 0.3) is 0 Å². The number of likely N-dealkylation sites (tertiary alicyclic amines) is 2. The summed E-state index contributed by atoms with van der Waals surface area (Å²) in [4.78, 5) is 57.9. The number of aromatic hydroxyl groups is 1. The average Bonchev–Trinajstić information content (AvgIpc) is 3.92. The zero-order valence-corrected chi connectivity index (χ0v) is 38.7. The largest absolute Gasteiger partial charge is 0.508 e. The summed E-state index contributed by atoms with van der Waals surface area (Å²) in [5.74, 6) is -1.34. The van der Waals surface area contributed by atoms with Crippen LogP contribution in [0.25, 0.3) is 43.8 Å². The van der Waals surface area contributed by atoms with E-state index in [1.807, 2.05) is 34.5 Å². The van der Waals surface area contributed by atoms with Crippen molar-refractivity contribution in [1.29, 1.82) is 0 Å². The molecule has 2 unspecified atom stereocenters. The third kappa shape index (κ3) is 8.81. The molecule has 0 radical (unpaired) electrons. The number of benzene rings is 3. The van der Waals surface area contributed by atoms with Gasteiger partial charge in [-0.05, 0) is 110 Å². The van der Waals surface area contributed by atoms with Crippen LogP contribution in [0.4, 0.5) is 14.6 Å². The number of β-amino-alcohol motifs (C(OH)–C–C–N with tert-alkyl or cyclic N) is 1. The molecule has 3 N–H and O–H groups in total. The van der Waals surface area contributed by atoms with Crippen LogP contribution in [0.1, 0.15) is 93.9 Å². The summed E-state index contributed by atoms with van der Waals surface area (Å²) >= 11 is 0. The summed E-state index contributed by atoms with van der Waals surface area (Å²) in [6.07, 6.45) is 6.85. The predicted octanol–water partition coefficient (Wildman–Crippen LogP) is 6.65. The molecule has 3 atom stereocenters. The van der Waals surface area contributed by atoms with Gasteiger partial charge in [-0.1, -0.05) is 25.1 Å². The van der Waals surface area contributed by atoms with Gasteiger partial charge in [-0.3, -0.25) is 29.4 Å². The van der Waals surface area contributed by atoms with Crippen LogP contribution < -0.4 is 15.0 Å². The normalized spacial score (nSPS) is 21.9. The van der Waals surface area contributed by atoms with Crippen LogP contribution >= 0.6 is 0 Å². The Kier molecular flexibility index (Phi) is 12.2. The number of aromatic nitrogens is 5. The van der Waals surface area contributed by atoms with Gasteiger partial charge >= 0.3 is 6.01 Å². The Balaban J connectivity index is 0.785. The van der Waals surface area contributed by atoms with E-state index in [-0.39, 0.29) is 65.3 Å². The number of amides is 3. The number of phenolic OH excluding ortho intramolecular Hbond substituents is 1.